The number of nitriles is 1. The van der Waals surface area contributed by atoms with Crippen LogP contribution in [0.4, 0.5) is 14.0 Å². The average Bonchev–Trinajstić information content (AvgIpc) is 2.50. The fourth-order valence-corrected chi connectivity index (χ4v) is 2.83. The van der Waals surface area contributed by atoms with E-state index in [4.69, 9.17) is 0 Å². The number of urea groups is 2. The highest BCUT2D eigenvalue weighted by molar-refractivity contribution is 9.10. The Labute approximate surface area is 141 Å². The second-order valence-electron chi connectivity index (χ2n) is 5.06. The molecule has 2 unspecified atom stereocenters. The first kappa shape index (κ1) is 17.1. The van der Waals surface area contributed by atoms with Gasteiger partial charge < -0.3 is 5.32 Å². The molecule has 0 aromatic heterocycles. The third-order valence-corrected chi connectivity index (χ3v) is 4.15. The summed E-state index contributed by atoms with van der Waals surface area (Å²) in [4.78, 5) is 24.9. The largest absolute Gasteiger partial charge is 0.445 e. The van der Waals surface area contributed by atoms with Gasteiger partial charge in [0.15, 0.2) is 6.04 Å². The first-order valence-electron chi connectivity index (χ1n) is 6.90. The van der Waals surface area contributed by atoms with Crippen LogP contribution in [-0.2, 0) is 0 Å². The summed E-state index contributed by atoms with van der Waals surface area (Å²) in [6.45, 7) is 3.63. The van der Waals surface area contributed by atoms with E-state index in [1.807, 2.05) is 6.19 Å². The van der Waals surface area contributed by atoms with Gasteiger partial charge in [-0.05, 0) is 58.5 Å². The number of allylic oxidation sites excluding steroid dienone is 1. The number of amides is 4. The van der Waals surface area contributed by atoms with Crippen molar-refractivity contribution in [2.45, 2.75) is 19.9 Å². The Morgan fingerprint density at radius 2 is 2.26 bits per heavy atom. The summed E-state index contributed by atoms with van der Waals surface area (Å²) in [5.41, 5.74) is 0.994. The van der Waals surface area contributed by atoms with E-state index in [1.165, 1.54) is 18.2 Å². The number of hydrogen-bond donors (Lipinski definition) is 2. The molecule has 0 spiro atoms. The number of nitrogens with zero attached hydrogens (tertiary/aromatic N) is 2. The molecule has 1 aliphatic heterocycles. The Kier molecular flexibility index (Phi) is 4.82. The molecule has 0 bridgehead atoms. The van der Waals surface area contributed by atoms with E-state index < -0.39 is 28.4 Å². The molecule has 1 aromatic carbocycles. The van der Waals surface area contributed by atoms with Gasteiger partial charge in [0.25, 0.3) is 0 Å². The van der Waals surface area contributed by atoms with Gasteiger partial charge in [0.05, 0.1) is 4.47 Å². The number of nitrogens with one attached hydrogen (secondary N) is 2. The lowest BCUT2D eigenvalue weighted by Gasteiger charge is -2.33. The molecule has 8 heteroatoms. The summed E-state index contributed by atoms with van der Waals surface area (Å²) in [5.74, 6) is -0.470. The molecular weight excluding hydrogens is 367 g/mol. The van der Waals surface area contributed by atoms with Gasteiger partial charge in [0.1, 0.15) is 5.82 Å². The van der Waals surface area contributed by atoms with E-state index in [0.717, 1.165) is 0 Å². The third kappa shape index (κ3) is 2.85. The first-order chi connectivity index (χ1) is 10.9. The molecule has 1 heterocycles. The zero-order chi connectivity index (χ0) is 17.2. The van der Waals surface area contributed by atoms with Crippen LogP contribution in [0.5, 0.6) is 0 Å². The number of halogens is 2. The van der Waals surface area contributed by atoms with Crippen LogP contribution in [0.3, 0.4) is 0 Å². The fraction of sp³-hybridized carbons (Fsp3) is 0.267. The maximum Gasteiger partial charge on any atom is 0.445 e. The second kappa shape index (κ2) is 6.48. The van der Waals surface area contributed by atoms with E-state index >= 15 is 0 Å². The zero-order valence-corrected chi connectivity index (χ0v) is 14.1. The Hall–Kier alpha value is -2.24. The lowest BCUT2D eigenvalue weighted by molar-refractivity contribution is -0.728. The summed E-state index contributed by atoms with van der Waals surface area (Å²) in [5, 5.41) is 14.7. The molecule has 2 N–H and O–H groups in total. The predicted molar refractivity (Wildman–Crippen MR) is 84.1 cm³/mol. The molecule has 6 nitrogen and oxygen atoms in total. The van der Waals surface area contributed by atoms with Gasteiger partial charge in [0, 0.05) is 17.8 Å². The number of benzene rings is 1. The number of rotatable bonds is 2. The Bertz CT molecular complexity index is 743. The highest BCUT2D eigenvalue weighted by Gasteiger charge is 2.55. The summed E-state index contributed by atoms with van der Waals surface area (Å²) in [6.07, 6.45) is 3.43. The molecule has 0 aliphatic carbocycles. The van der Waals surface area contributed by atoms with Crippen molar-refractivity contribution in [3.05, 3.63) is 45.8 Å². The number of carbonyl (C=O) groups is 2. The smallest absolute Gasteiger partial charge is 0.304 e. The van der Waals surface area contributed by atoms with Gasteiger partial charge in [-0.2, -0.15) is 0 Å². The summed E-state index contributed by atoms with van der Waals surface area (Å²) in [6, 6.07) is 1.78. The van der Waals surface area contributed by atoms with E-state index in [2.05, 4.69) is 26.6 Å². The van der Waals surface area contributed by atoms with Crippen molar-refractivity contribution in [2.75, 3.05) is 6.54 Å². The number of imide groups is 1. The van der Waals surface area contributed by atoms with Crippen LogP contribution in [0.15, 0.2) is 34.4 Å². The maximum atomic E-state index is 13.5. The Morgan fingerprint density at radius 1 is 1.57 bits per heavy atom. The number of carbonyl (C=O) groups excluding carboxylic acids is 2. The molecule has 4 amide bonds. The van der Waals surface area contributed by atoms with Gasteiger partial charge in [0.2, 0.25) is 0 Å². The Morgan fingerprint density at radius 3 is 2.83 bits per heavy atom. The summed E-state index contributed by atoms with van der Waals surface area (Å²) < 4.78 is 12.6. The molecule has 1 aromatic rings. The molecule has 0 saturated heterocycles. The van der Waals surface area contributed by atoms with Gasteiger partial charge in [-0.1, -0.05) is 0 Å². The minimum Gasteiger partial charge on any atom is -0.304 e. The predicted octanol–water partition coefficient (Wildman–Crippen LogP) is 3.28. The van der Waals surface area contributed by atoms with Gasteiger partial charge >= 0.3 is 18.3 Å². The van der Waals surface area contributed by atoms with Crippen LogP contribution < -0.4 is 10.6 Å². The molecule has 0 saturated carbocycles. The van der Waals surface area contributed by atoms with Crippen molar-refractivity contribution < 1.29 is 18.5 Å². The molecule has 1 aliphatic rings. The van der Waals surface area contributed by atoms with Crippen LogP contribution in [0.25, 0.3) is 0 Å². The molecular formula is C15H15BrFN4O2+. The van der Waals surface area contributed by atoms with Crippen molar-refractivity contribution >= 4 is 28.0 Å². The van der Waals surface area contributed by atoms with Gasteiger partial charge in [-0.25, -0.2) is 14.0 Å². The van der Waals surface area contributed by atoms with Crippen LogP contribution in [0, 0.1) is 17.3 Å². The van der Waals surface area contributed by atoms with E-state index in [1.54, 1.807) is 19.9 Å². The van der Waals surface area contributed by atoms with Crippen LogP contribution in [0.2, 0.25) is 0 Å². The molecule has 23 heavy (non-hydrogen) atoms. The Balaban J connectivity index is 2.65. The molecule has 2 atom stereocenters. The van der Waals surface area contributed by atoms with Crippen molar-refractivity contribution in [1.29, 1.82) is 5.26 Å². The topological polar surface area (TPSA) is 82.0 Å². The zero-order valence-electron chi connectivity index (χ0n) is 12.6. The van der Waals surface area contributed by atoms with Gasteiger partial charge in [-0.3, -0.25) is 5.32 Å². The van der Waals surface area contributed by atoms with E-state index in [-0.39, 0.29) is 11.0 Å². The fourth-order valence-electron chi connectivity index (χ4n) is 2.44. The molecule has 2 rings (SSSR count). The highest BCUT2D eigenvalue weighted by atomic mass is 79.9. The lowest BCUT2D eigenvalue weighted by atomic mass is 10.0. The quantitative estimate of drug-likeness (QED) is 0.609. The second-order valence-corrected chi connectivity index (χ2v) is 5.91. The average molecular weight is 382 g/mol. The monoisotopic (exact) mass is 381 g/mol. The first-order valence-corrected chi connectivity index (χ1v) is 7.69. The lowest BCUT2D eigenvalue weighted by Crippen LogP contribution is -2.63. The van der Waals surface area contributed by atoms with Crippen molar-refractivity contribution in [1.82, 2.24) is 10.6 Å². The molecule has 0 radical (unpaired) electrons. The van der Waals surface area contributed by atoms with Crippen molar-refractivity contribution in [2.24, 2.45) is 0 Å². The van der Waals surface area contributed by atoms with Gasteiger partial charge in [-0.15, -0.1) is 5.26 Å². The highest BCUT2D eigenvalue weighted by Crippen LogP contribution is 2.35. The molecule has 0 fully saturated rings. The molecule has 120 valence electrons. The number of quaternary nitrogens is 1. The minimum atomic E-state index is -1.12. The number of hydrogen-bond acceptors (Lipinski definition) is 3. The third-order valence-electron chi connectivity index (χ3n) is 3.54. The maximum absolute atomic E-state index is 13.5. The van der Waals surface area contributed by atoms with Crippen molar-refractivity contribution in [3.8, 4) is 6.19 Å². The SMILES string of the molecule is CCNC(=O)[N+]1(C#N)C(=O)NC(C)=CC1c1ccc(F)c(Br)c1. The van der Waals surface area contributed by atoms with Crippen molar-refractivity contribution in [3.63, 3.8) is 0 Å². The normalized spacial score (nSPS) is 23.5. The van der Waals surface area contributed by atoms with E-state index in [0.29, 0.717) is 11.3 Å². The van der Waals surface area contributed by atoms with Crippen LogP contribution >= 0.6 is 15.9 Å². The standard InChI is InChI=1S/C15H14BrFN4O2/c1-3-19-14(22)21(8-18)13(6-9(2)20-15(21)23)10-4-5-12(17)11(16)7-10/h4-7,13H,3H2,1-2H3,(H-,19,20,22,23)/p+1. The summed E-state index contributed by atoms with van der Waals surface area (Å²) in [7, 11) is 0. The van der Waals surface area contributed by atoms with Crippen LogP contribution in [-0.4, -0.2) is 23.1 Å². The summed E-state index contributed by atoms with van der Waals surface area (Å²) >= 11 is 3.08. The minimum absolute atomic E-state index is 0.193. The van der Waals surface area contributed by atoms with E-state index in [9.17, 15) is 19.2 Å². The van der Waals surface area contributed by atoms with Crippen LogP contribution in [0.1, 0.15) is 25.5 Å².